The van der Waals surface area contributed by atoms with Gasteiger partial charge in [-0.05, 0) is 30.7 Å². The van der Waals surface area contributed by atoms with Gasteiger partial charge in [0.2, 0.25) is 5.91 Å². The summed E-state index contributed by atoms with van der Waals surface area (Å²) in [7, 11) is 0. The van der Waals surface area contributed by atoms with E-state index in [-0.39, 0.29) is 35.7 Å². The number of benzene rings is 1. The Labute approximate surface area is 201 Å². The van der Waals surface area contributed by atoms with E-state index < -0.39 is 0 Å². The molecule has 2 heterocycles. The number of hydrogen-bond donors (Lipinski definition) is 2. The summed E-state index contributed by atoms with van der Waals surface area (Å²) in [6.45, 7) is 8.57. The average Bonchev–Trinajstić information content (AvgIpc) is 2.78. The average molecular weight is 548 g/mol. The highest BCUT2D eigenvalue weighted by Crippen LogP contribution is 2.17. The van der Waals surface area contributed by atoms with Gasteiger partial charge in [-0.1, -0.05) is 0 Å². The molecule has 0 spiro atoms. The Morgan fingerprint density at radius 3 is 2.45 bits per heavy atom. The second kappa shape index (κ2) is 13.7. The Hall–Kier alpha value is -1.66. The second-order valence-corrected chi connectivity index (χ2v) is 7.60. The zero-order chi connectivity index (χ0) is 21.2. The van der Waals surface area contributed by atoms with Gasteiger partial charge in [0.25, 0.3) is 0 Å². The van der Waals surface area contributed by atoms with Crippen LogP contribution in [0.15, 0.2) is 29.3 Å². The van der Waals surface area contributed by atoms with E-state index >= 15 is 0 Å². The molecule has 1 aromatic carbocycles. The topological polar surface area (TPSA) is 86.4 Å². The molecular formula is C21H34FIN6O2. The van der Waals surface area contributed by atoms with Crippen LogP contribution in [0.4, 0.5) is 10.1 Å². The van der Waals surface area contributed by atoms with Crippen molar-refractivity contribution in [1.29, 1.82) is 0 Å². The maximum absolute atomic E-state index is 13.1. The number of piperazine rings is 1. The number of halogens is 2. The molecule has 2 saturated heterocycles. The van der Waals surface area contributed by atoms with Crippen molar-refractivity contribution < 1.29 is 13.9 Å². The third-order valence-electron chi connectivity index (χ3n) is 5.49. The van der Waals surface area contributed by atoms with Crippen LogP contribution in [-0.4, -0.2) is 93.8 Å². The number of anilines is 1. The van der Waals surface area contributed by atoms with Crippen LogP contribution in [0.1, 0.15) is 12.8 Å². The van der Waals surface area contributed by atoms with Crippen LogP contribution in [0, 0.1) is 5.82 Å². The number of nitrogens with one attached hydrogen (secondary N) is 1. The molecule has 0 saturated carbocycles. The van der Waals surface area contributed by atoms with E-state index in [1.807, 2.05) is 4.90 Å². The third kappa shape index (κ3) is 8.77. The number of morpholine rings is 1. The molecule has 0 aliphatic carbocycles. The summed E-state index contributed by atoms with van der Waals surface area (Å²) < 4.78 is 18.4. The first-order valence-corrected chi connectivity index (χ1v) is 10.7. The number of carbonyl (C=O) groups is 1. The van der Waals surface area contributed by atoms with Gasteiger partial charge in [-0.2, -0.15) is 0 Å². The number of aliphatic imine (C=N–C) groups is 1. The fourth-order valence-corrected chi connectivity index (χ4v) is 3.70. The van der Waals surface area contributed by atoms with E-state index in [2.05, 4.69) is 20.1 Å². The van der Waals surface area contributed by atoms with Crippen molar-refractivity contribution in [3.8, 4) is 0 Å². The molecule has 2 aliphatic rings. The van der Waals surface area contributed by atoms with Crippen LogP contribution in [0.25, 0.3) is 0 Å². The van der Waals surface area contributed by atoms with Crippen LogP contribution in [-0.2, 0) is 9.53 Å². The maximum atomic E-state index is 13.1. The molecule has 0 bridgehead atoms. The van der Waals surface area contributed by atoms with Crippen molar-refractivity contribution in [2.24, 2.45) is 10.7 Å². The summed E-state index contributed by atoms with van der Waals surface area (Å²) in [6.07, 6.45) is 1.35. The van der Waals surface area contributed by atoms with Crippen molar-refractivity contribution >= 4 is 41.5 Å². The molecule has 0 radical (unpaired) electrons. The first kappa shape index (κ1) is 25.6. The summed E-state index contributed by atoms with van der Waals surface area (Å²) in [5, 5.41) is 3.03. The fourth-order valence-electron chi connectivity index (χ4n) is 3.70. The predicted octanol–water partition coefficient (Wildman–Crippen LogP) is 1.11. The number of hydrogen-bond acceptors (Lipinski definition) is 5. The minimum atomic E-state index is -0.236. The molecule has 0 aromatic heterocycles. The zero-order valence-corrected chi connectivity index (χ0v) is 20.3. The van der Waals surface area contributed by atoms with Crippen molar-refractivity contribution in [2.75, 3.05) is 77.0 Å². The van der Waals surface area contributed by atoms with Crippen LogP contribution >= 0.6 is 24.0 Å². The number of nitrogens with zero attached hydrogens (tertiary/aromatic N) is 4. The highest BCUT2D eigenvalue weighted by atomic mass is 127. The smallest absolute Gasteiger partial charge is 0.224 e. The van der Waals surface area contributed by atoms with Gasteiger partial charge in [0.15, 0.2) is 5.96 Å². The van der Waals surface area contributed by atoms with Gasteiger partial charge >= 0.3 is 0 Å². The molecule has 10 heteroatoms. The number of ether oxygens (including phenoxy) is 1. The lowest BCUT2D eigenvalue weighted by Crippen LogP contribution is -2.49. The molecule has 8 nitrogen and oxygen atoms in total. The van der Waals surface area contributed by atoms with Gasteiger partial charge in [-0.25, -0.2) is 4.39 Å². The minimum Gasteiger partial charge on any atom is -0.379 e. The molecule has 1 amide bonds. The molecule has 2 aliphatic heterocycles. The molecule has 31 heavy (non-hydrogen) atoms. The van der Waals surface area contributed by atoms with Crippen molar-refractivity contribution in [1.82, 2.24) is 15.1 Å². The van der Waals surface area contributed by atoms with Gasteiger partial charge in [0.1, 0.15) is 5.82 Å². The summed E-state index contributed by atoms with van der Waals surface area (Å²) in [6, 6.07) is 6.49. The van der Waals surface area contributed by atoms with Gasteiger partial charge in [-0.3, -0.25) is 14.7 Å². The maximum Gasteiger partial charge on any atom is 0.224 e. The zero-order valence-electron chi connectivity index (χ0n) is 18.0. The standard InChI is InChI=1S/C21H33FN6O2.HI/c22-18-2-4-19(5-3-18)27-10-12-28(13-11-27)20(29)6-8-25-21(23)24-7-1-9-26-14-16-30-17-15-26;/h2-5H,1,6-17H2,(H3,23,24,25);1H. The van der Waals surface area contributed by atoms with E-state index in [0.29, 0.717) is 38.6 Å². The van der Waals surface area contributed by atoms with Crippen molar-refractivity contribution in [2.45, 2.75) is 12.8 Å². The molecule has 1 aromatic rings. The van der Waals surface area contributed by atoms with E-state index in [1.54, 1.807) is 12.1 Å². The monoisotopic (exact) mass is 548 g/mol. The number of amides is 1. The lowest BCUT2D eigenvalue weighted by molar-refractivity contribution is -0.131. The van der Waals surface area contributed by atoms with E-state index in [9.17, 15) is 9.18 Å². The number of carbonyl (C=O) groups excluding carboxylic acids is 1. The quantitative estimate of drug-likeness (QED) is 0.219. The van der Waals surface area contributed by atoms with Crippen LogP contribution in [0.5, 0.6) is 0 Å². The Morgan fingerprint density at radius 1 is 1.10 bits per heavy atom. The largest absolute Gasteiger partial charge is 0.379 e. The third-order valence-corrected chi connectivity index (χ3v) is 5.49. The number of rotatable bonds is 8. The highest BCUT2D eigenvalue weighted by Gasteiger charge is 2.21. The number of guanidine groups is 1. The Bertz CT molecular complexity index is 692. The Kier molecular flexibility index (Phi) is 11.3. The summed E-state index contributed by atoms with van der Waals surface area (Å²) in [5.41, 5.74) is 6.89. The highest BCUT2D eigenvalue weighted by molar-refractivity contribution is 14.0. The summed E-state index contributed by atoms with van der Waals surface area (Å²) >= 11 is 0. The Balaban J connectivity index is 0.00000341. The van der Waals surface area contributed by atoms with Gasteiger partial charge in [0.05, 0.1) is 13.2 Å². The normalized spacial score (nSPS) is 17.9. The SMILES string of the molecule is I.NC(=NCCCN1CCOCC1)NCCC(=O)N1CCN(c2ccc(F)cc2)CC1. The van der Waals surface area contributed by atoms with Crippen LogP contribution in [0.2, 0.25) is 0 Å². The minimum absolute atomic E-state index is 0. The predicted molar refractivity (Wildman–Crippen MR) is 132 cm³/mol. The molecule has 0 unspecified atom stereocenters. The lowest BCUT2D eigenvalue weighted by atomic mass is 10.2. The van der Waals surface area contributed by atoms with Gasteiger partial charge in [0, 0.05) is 71.0 Å². The van der Waals surface area contributed by atoms with Crippen LogP contribution in [0.3, 0.4) is 0 Å². The number of nitrogens with two attached hydrogens (primary N) is 1. The first-order valence-electron chi connectivity index (χ1n) is 10.7. The molecule has 2 fully saturated rings. The van der Waals surface area contributed by atoms with Gasteiger partial charge in [-0.15, -0.1) is 24.0 Å². The Morgan fingerprint density at radius 2 is 1.77 bits per heavy atom. The summed E-state index contributed by atoms with van der Waals surface area (Å²) in [4.78, 5) is 23.2. The van der Waals surface area contributed by atoms with Crippen LogP contribution < -0.4 is 16.0 Å². The van der Waals surface area contributed by atoms with E-state index in [0.717, 1.165) is 58.0 Å². The lowest BCUT2D eigenvalue weighted by Gasteiger charge is -2.36. The summed E-state index contributed by atoms with van der Waals surface area (Å²) in [5.74, 6) is 0.271. The van der Waals surface area contributed by atoms with Gasteiger partial charge < -0.3 is 25.6 Å². The molecule has 3 N–H and O–H groups in total. The van der Waals surface area contributed by atoms with E-state index in [1.165, 1.54) is 12.1 Å². The second-order valence-electron chi connectivity index (χ2n) is 7.60. The molecular weight excluding hydrogens is 514 g/mol. The molecule has 3 rings (SSSR count). The first-order chi connectivity index (χ1) is 14.6. The van der Waals surface area contributed by atoms with Crippen molar-refractivity contribution in [3.05, 3.63) is 30.1 Å². The van der Waals surface area contributed by atoms with E-state index in [4.69, 9.17) is 10.5 Å². The molecule has 174 valence electrons. The fraction of sp³-hybridized carbons (Fsp3) is 0.619. The van der Waals surface area contributed by atoms with Crippen molar-refractivity contribution in [3.63, 3.8) is 0 Å². The molecule has 0 atom stereocenters.